The van der Waals surface area contributed by atoms with Crippen LogP contribution < -0.4 is 10.5 Å². The number of hydrogen-bond acceptors (Lipinski definition) is 3. The Morgan fingerprint density at radius 3 is 2.81 bits per heavy atom. The molecule has 2 N–H and O–H groups in total. The summed E-state index contributed by atoms with van der Waals surface area (Å²) < 4.78 is 11.1. The van der Waals surface area contributed by atoms with Gasteiger partial charge in [-0.15, -0.1) is 0 Å². The van der Waals surface area contributed by atoms with Crippen LogP contribution in [0.1, 0.15) is 12.0 Å². The molecule has 1 aromatic rings. The van der Waals surface area contributed by atoms with E-state index in [0.29, 0.717) is 10.8 Å². The highest BCUT2D eigenvalue weighted by atomic mass is 35.5. The highest BCUT2D eigenvalue weighted by Crippen LogP contribution is 2.32. The molecule has 0 saturated heterocycles. The van der Waals surface area contributed by atoms with Crippen molar-refractivity contribution in [3.63, 3.8) is 0 Å². The average Bonchev–Trinajstić information content (AvgIpc) is 2.23. The Kier molecular flexibility index (Phi) is 3.38. The van der Waals surface area contributed by atoms with Gasteiger partial charge in [-0.25, -0.2) is 0 Å². The lowest BCUT2D eigenvalue weighted by atomic mass is 9.86. The quantitative estimate of drug-likeness (QED) is 0.882. The van der Waals surface area contributed by atoms with Gasteiger partial charge in [0.2, 0.25) is 0 Å². The van der Waals surface area contributed by atoms with E-state index >= 15 is 0 Å². The van der Waals surface area contributed by atoms with Gasteiger partial charge < -0.3 is 15.2 Å². The van der Waals surface area contributed by atoms with Crippen LogP contribution in [0.25, 0.3) is 0 Å². The minimum Gasteiger partial charge on any atom is -0.486 e. The number of methoxy groups -OCH3 is 1. The Balaban J connectivity index is 2.07. The fraction of sp³-hybridized carbons (Fsp3) is 0.500. The fourth-order valence-corrected chi connectivity index (χ4v) is 2.08. The minimum absolute atomic E-state index is 0.0132. The summed E-state index contributed by atoms with van der Waals surface area (Å²) in [7, 11) is 1.65. The third-order valence-corrected chi connectivity index (χ3v) is 3.24. The van der Waals surface area contributed by atoms with Gasteiger partial charge in [0.15, 0.2) is 0 Å². The van der Waals surface area contributed by atoms with Gasteiger partial charge in [-0.05, 0) is 24.6 Å². The number of hydrogen-bond donors (Lipinski definition) is 1. The van der Waals surface area contributed by atoms with E-state index in [0.717, 1.165) is 12.0 Å². The normalized spacial score (nSPS) is 28.6. The molecule has 4 heteroatoms. The number of ether oxygens (including phenoxy) is 2. The maximum atomic E-state index is 6.05. The fourth-order valence-electron chi connectivity index (χ4n) is 1.92. The molecule has 1 aliphatic carbocycles. The lowest BCUT2D eigenvalue weighted by Crippen LogP contribution is -2.59. The van der Waals surface area contributed by atoms with Crippen molar-refractivity contribution in [1.29, 1.82) is 0 Å². The number of nitrogens with two attached hydrogens (primary N) is 1. The minimum atomic E-state index is -0.0309. The van der Waals surface area contributed by atoms with E-state index in [-0.39, 0.29) is 18.2 Å². The summed E-state index contributed by atoms with van der Waals surface area (Å²) in [6.07, 6.45) is 0.791. The molecule has 0 aromatic heterocycles. The van der Waals surface area contributed by atoms with E-state index in [1.165, 1.54) is 0 Å². The van der Waals surface area contributed by atoms with E-state index in [4.69, 9.17) is 26.8 Å². The molecular weight excluding hydrogens is 226 g/mol. The van der Waals surface area contributed by atoms with E-state index < -0.39 is 0 Å². The second-order valence-corrected chi connectivity index (χ2v) is 4.60. The second-order valence-electron chi connectivity index (χ2n) is 4.19. The summed E-state index contributed by atoms with van der Waals surface area (Å²) in [5.41, 5.74) is 6.93. The van der Waals surface area contributed by atoms with Crippen molar-refractivity contribution in [1.82, 2.24) is 0 Å². The van der Waals surface area contributed by atoms with E-state index in [2.05, 4.69) is 0 Å². The van der Waals surface area contributed by atoms with Gasteiger partial charge in [-0.2, -0.15) is 0 Å². The van der Waals surface area contributed by atoms with Gasteiger partial charge in [0.05, 0.1) is 5.02 Å². The van der Waals surface area contributed by atoms with Crippen LogP contribution in [0.2, 0.25) is 5.02 Å². The highest BCUT2D eigenvalue weighted by molar-refractivity contribution is 6.32. The largest absolute Gasteiger partial charge is 0.486 e. The van der Waals surface area contributed by atoms with E-state index in [9.17, 15) is 0 Å². The Bertz CT molecular complexity index is 383. The summed E-state index contributed by atoms with van der Waals surface area (Å²) in [4.78, 5) is 0. The molecule has 3 unspecified atom stereocenters. The second kappa shape index (κ2) is 4.62. The lowest BCUT2D eigenvalue weighted by Gasteiger charge is -2.41. The first-order valence-corrected chi connectivity index (χ1v) is 5.71. The topological polar surface area (TPSA) is 44.5 Å². The van der Waals surface area contributed by atoms with Crippen LogP contribution >= 0.6 is 11.6 Å². The smallest absolute Gasteiger partial charge is 0.138 e. The summed E-state index contributed by atoms with van der Waals surface area (Å²) >= 11 is 6.05. The first kappa shape index (κ1) is 11.7. The van der Waals surface area contributed by atoms with Gasteiger partial charge in [-0.1, -0.05) is 17.7 Å². The number of aryl methyl sites for hydroxylation is 1. The number of halogens is 1. The Hall–Kier alpha value is -0.770. The van der Waals surface area contributed by atoms with E-state index in [1.807, 2.05) is 25.1 Å². The molecule has 0 bridgehead atoms. The molecule has 3 nitrogen and oxygen atoms in total. The van der Waals surface area contributed by atoms with Gasteiger partial charge in [0.25, 0.3) is 0 Å². The average molecular weight is 242 g/mol. The van der Waals surface area contributed by atoms with Crippen LogP contribution in [0.4, 0.5) is 0 Å². The molecule has 1 saturated carbocycles. The van der Waals surface area contributed by atoms with Crippen molar-refractivity contribution in [2.75, 3.05) is 7.11 Å². The molecule has 1 aliphatic rings. The monoisotopic (exact) mass is 241 g/mol. The van der Waals surface area contributed by atoms with Crippen LogP contribution in [0.5, 0.6) is 5.75 Å². The standard InChI is InChI=1S/C12H16ClNO2/c1-7-3-4-8(13)10(5-7)16-11-6-9(14)12(11)15-2/h3-5,9,11-12H,6,14H2,1-2H3. The van der Waals surface area contributed by atoms with Crippen LogP contribution in [0.15, 0.2) is 18.2 Å². The lowest BCUT2D eigenvalue weighted by molar-refractivity contribution is -0.0782. The Morgan fingerprint density at radius 2 is 2.19 bits per heavy atom. The molecule has 2 rings (SSSR count). The summed E-state index contributed by atoms with van der Waals surface area (Å²) in [5.74, 6) is 0.709. The predicted octanol–water partition coefficient (Wildman–Crippen LogP) is 2.14. The Labute approximate surface area is 100 Å². The van der Waals surface area contributed by atoms with Crippen molar-refractivity contribution in [2.24, 2.45) is 5.73 Å². The zero-order valence-corrected chi connectivity index (χ0v) is 10.2. The molecule has 0 radical (unpaired) electrons. The molecule has 3 atom stereocenters. The predicted molar refractivity (Wildman–Crippen MR) is 64.0 cm³/mol. The molecule has 88 valence electrons. The molecule has 0 spiro atoms. The number of benzene rings is 1. The first-order chi connectivity index (χ1) is 7.61. The zero-order chi connectivity index (χ0) is 11.7. The summed E-state index contributed by atoms with van der Waals surface area (Å²) in [6.45, 7) is 2.00. The third-order valence-electron chi connectivity index (χ3n) is 2.93. The van der Waals surface area contributed by atoms with Gasteiger partial charge in [0.1, 0.15) is 18.0 Å². The SMILES string of the molecule is COC1C(N)CC1Oc1cc(C)ccc1Cl. The van der Waals surface area contributed by atoms with Gasteiger partial charge in [-0.3, -0.25) is 0 Å². The molecule has 1 fully saturated rings. The van der Waals surface area contributed by atoms with Crippen LogP contribution in [-0.2, 0) is 4.74 Å². The molecule has 1 aromatic carbocycles. The highest BCUT2D eigenvalue weighted by Gasteiger charge is 2.41. The maximum Gasteiger partial charge on any atom is 0.138 e. The van der Waals surface area contributed by atoms with E-state index in [1.54, 1.807) is 7.11 Å². The molecule has 0 amide bonds. The summed E-state index contributed by atoms with van der Waals surface area (Å²) in [6, 6.07) is 5.79. The van der Waals surface area contributed by atoms with Crippen molar-refractivity contribution >= 4 is 11.6 Å². The van der Waals surface area contributed by atoms with Gasteiger partial charge in [0, 0.05) is 19.6 Å². The Morgan fingerprint density at radius 1 is 1.44 bits per heavy atom. The maximum absolute atomic E-state index is 6.05. The molecule has 0 aliphatic heterocycles. The first-order valence-electron chi connectivity index (χ1n) is 5.33. The van der Waals surface area contributed by atoms with Crippen LogP contribution in [-0.4, -0.2) is 25.4 Å². The van der Waals surface area contributed by atoms with Crippen molar-refractivity contribution < 1.29 is 9.47 Å². The summed E-state index contributed by atoms with van der Waals surface area (Å²) in [5, 5.41) is 0.626. The zero-order valence-electron chi connectivity index (χ0n) is 9.44. The molecule has 16 heavy (non-hydrogen) atoms. The number of rotatable bonds is 3. The van der Waals surface area contributed by atoms with Crippen LogP contribution in [0, 0.1) is 6.92 Å². The third kappa shape index (κ3) is 2.17. The van der Waals surface area contributed by atoms with Crippen LogP contribution in [0.3, 0.4) is 0 Å². The molecular formula is C12H16ClNO2. The van der Waals surface area contributed by atoms with Gasteiger partial charge >= 0.3 is 0 Å². The van der Waals surface area contributed by atoms with Crippen molar-refractivity contribution in [3.05, 3.63) is 28.8 Å². The van der Waals surface area contributed by atoms with Crippen molar-refractivity contribution in [2.45, 2.75) is 31.6 Å². The molecule has 0 heterocycles. The van der Waals surface area contributed by atoms with Crippen molar-refractivity contribution in [3.8, 4) is 5.75 Å².